The molecule has 1 N–H and O–H groups in total. The van der Waals surface area contributed by atoms with Gasteiger partial charge in [-0.25, -0.2) is 8.42 Å². The average Bonchev–Trinajstić information content (AvgIpc) is 3.17. The number of sulfone groups is 1. The minimum absolute atomic E-state index is 0.0935. The van der Waals surface area contributed by atoms with Crippen molar-refractivity contribution in [2.24, 2.45) is 0 Å². The highest BCUT2D eigenvalue weighted by Gasteiger charge is 2.16. The molecule has 4 nitrogen and oxygen atoms in total. The molecule has 0 atom stereocenters. The topological polar surface area (TPSA) is 63.2 Å². The summed E-state index contributed by atoms with van der Waals surface area (Å²) in [6, 6.07) is 21.2. The molecule has 0 aromatic heterocycles. The van der Waals surface area contributed by atoms with Crippen LogP contribution in [0.1, 0.15) is 33.5 Å². The Morgan fingerprint density at radius 1 is 0.857 bits per heavy atom. The normalized spacial score (nSPS) is 13.1. The van der Waals surface area contributed by atoms with Crippen LogP contribution in [0.4, 0.5) is 5.69 Å². The lowest BCUT2D eigenvalue weighted by molar-refractivity contribution is 0.102. The van der Waals surface area contributed by atoms with Gasteiger partial charge >= 0.3 is 0 Å². The molecule has 0 radical (unpaired) electrons. The highest BCUT2D eigenvalue weighted by Crippen LogP contribution is 2.25. The van der Waals surface area contributed by atoms with Gasteiger partial charge in [0, 0.05) is 11.3 Å². The lowest BCUT2D eigenvalue weighted by Crippen LogP contribution is -2.12. The van der Waals surface area contributed by atoms with Crippen LogP contribution in [0.3, 0.4) is 0 Å². The monoisotopic (exact) mass is 391 g/mol. The predicted octanol–water partition coefficient (Wildman–Crippen LogP) is 4.40. The summed E-state index contributed by atoms with van der Waals surface area (Å²) in [5, 5.41) is 2.92. The lowest BCUT2D eigenvalue weighted by atomic mass is 10.1. The molecule has 0 saturated carbocycles. The van der Waals surface area contributed by atoms with Crippen molar-refractivity contribution >= 4 is 21.4 Å². The molecule has 0 fully saturated rings. The Morgan fingerprint density at radius 3 is 2.32 bits per heavy atom. The molecular formula is C23H21NO3S. The smallest absolute Gasteiger partial charge is 0.255 e. The van der Waals surface area contributed by atoms with Crippen LogP contribution in [-0.4, -0.2) is 14.3 Å². The van der Waals surface area contributed by atoms with E-state index >= 15 is 0 Å². The predicted molar refractivity (Wildman–Crippen MR) is 110 cm³/mol. The number of amides is 1. The molecule has 28 heavy (non-hydrogen) atoms. The molecule has 142 valence electrons. The van der Waals surface area contributed by atoms with Crippen molar-refractivity contribution in [2.45, 2.75) is 29.9 Å². The molecule has 5 heteroatoms. The summed E-state index contributed by atoms with van der Waals surface area (Å²) >= 11 is 0. The quantitative estimate of drug-likeness (QED) is 0.701. The van der Waals surface area contributed by atoms with Gasteiger partial charge in [-0.1, -0.05) is 36.4 Å². The summed E-state index contributed by atoms with van der Waals surface area (Å²) in [6.45, 7) is 0. The van der Waals surface area contributed by atoms with Crippen LogP contribution in [0.25, 0.3) is 0 Å². The highest BCUT2D eigenvalue weighted by atomic mass is 32.2. The number of benzene rings is 3. The zero-order valence-electron chi connectivity index (χ0n) is 15.4. The summed E-state index contributed by atoms with van der Waals surface area (Å²) in [5.74, 6) is -0.292. The molecular weight excluding hydrogens is 370 g/mol. The van der Waals surface area contributed by atoms with Crippen molar-refractivity contribution in [2.75, 3.05) is 5.32 Å². The van der Waals surface area contributed by atoms with Crippen molar-refractivity contribution in [1.82, 2.24) is 0 Å². The van der Waals surface area contributed by atoms with Crippen LogP contribution in [0.5, 0.6) is 0 Å². The van der Waals surface area contributed by atoms with Gasteiger partial charge in [0.1, 0.15) is 0 Å². The SMILES string of the molecule is O=C(Nc1ccc2c(c1)CCC2)c1ccc(CS(=O)(=O)c2ccccc2)cc1. The van der Waals surface area contributed by atoms with E-state index in [1.807, 2.05) is 12.1 Å². The summed E-state index contributed by atoms with van der Waals surface area (Å²) in [5.41, 5.74) is 4.61. The number of rotatable bonds is 5. The van der Waals surface area contributed by atoms with E-state index in [9.17, 15) is 13.2 Å². The van der Waals surface area contributed by atoms with Crippen molar-refractivity contribution < 1.29 is 13.2 Å². The Kier molecular flexibility index (Phi) is 5.01. The van der Waals surface area contributed by atoms with Crippen molar-refractivity contribution in [1.29, 1.82) is 0 Å². The summed E-state index contributed by atoms with van der Waals surface area (Å²) in [6.07, 6.45) is 3.33. The van der Waals surface area contributed by atoms with Crippen molar-refractivity contribution in [3.8, 4) is 0 Å². The second kappa shape index (κ2) is 7.60. The molecule has 0 saturated heterocycles. The molecule has 3 aromatic carbocycles. The molecule has 0 spiro atoms. The molecule has 4 rings (SSSR count). The van der Waals surface area contributed by atoms with Gasteiger partial charge in [0.2, 0.25) is 0 Å². The number of aryl methyl sites for hydroxylation is 2. The van der Waals surface area contributed by atoms with E-state index in [1.165, 1.54) is 17.5 Å². The van der Waals surface area contributed by atoms with E-state index in [0.29, 0.717) is 16.0 Å². The first-order valence-corrected chi connectivity index (χ1v) is 11.0. The highest BCUT2D eigenvalue weighted by molar-refractivity contribution is 7.90. The van der Waals surface area contributed by atoms with Crippen LogP contribution in [0, 0.1) is 0 Å². The maximum Gasteiger partial charge on any atom is 0.255 e. The zero-order chi connectivity index (χ0) is 19.6. The van der Waals surface area contributed by atoms with Gasteiger partial charge in [0.05, 0.1) is 10.6 Å². The van der Waals surface area contributed by atoms with Crippen LogP contribution in [0.2, 0.25) is 0 Å². The molecule has 1 aliphatic rings. The molecule has 1 amide bonds. The fourth-order valence-corrected chi connectivity index (χ4v) is 4.91. The van der Waals surface area contributed by atoms with Crippen LogP contribution in [-0.2, 0) is 28.4 Å². The van der Waals surface area contributed by atoms with Gasteiger partial charge in [0.15, 0.2) is 9.84 Å². The van der Waals surface area contributed by atoms with Gasteiger partial charge in [-0.15, -0.1) is 0 Å². The number of hydrogen-bond donors (Lipinski definition) is 1. The molecule has 0 heterocycles. The average molecular weight is 391 g/mol. The van der Waals surface area contributed by atoms with Crippen LogP contribution >= 0.6 is 0 Å². The van der Waals surface area contributed by atoms with Gasteiger partial charge in [-0.3, -0.25) is 4.79 Å². The maximum absolute atomic E-state index is 12.5. The second-order valence-corrected chi connectivity index (χ2v) is 9.05. The Bertz CT molecular complexity index is 1100. The van der Waals surface area contributed by atoms with Gasteiger partial charge in [0.25, 0.3) is 5.91 Å². The number of fused-ring (bicyclic) bond motifs is 1. The zero-order valence-corrected chi connectivity index (χ0v) is 16.2. The van der Waals surface area contributed by atoms with E-state index < -0.39 is 9.84 Å². The molecule has 3 aromatic rings. The standard InChI is InChI=1S/C23H21NO3S/c25-23(24-21-14-13-18-5-4-6-20(18)15-21)19-11-9-17(10-12-19)16-28(26,27)22-7-2-1-3-8-22/h1-3,7-15H,4-6,16H2,(H,24,25). The molecule has 0 aliphatic heterocycles. The molecule has 0 bridgehead atoms. The first kappa shape index (κ1) is 18.4. The van der Waals surface area contributed by atoms with Gasteiger partial charge in [-0.05, 0) is 72.4 Å². The summed E-state index contributed by atoms with van der Waals surface area (Å²) in [7, 11) is -3.40. The van der Waals surface area contributed by atoms with Gasteiger partial charge < -0.3 is 5.32 Å². The number of nitrogens with one attached hydrogen (secondary N) is 1. The van der Waals surface area contributed by atoms with Crippen molar-refractivity contribution in [3.63, 3.8) is 0 Å². The minimum Gasteiger partial charge on any atom is -0.322 e. The molecule has 1 aliphatic carbocycles. The van der Waals surface area contributed by atoms with Gasteiger partial charge in [-0.2, -0.15) is 0 Å². The Morgan fingerprint density at radius 2 is 1.57 bits per heavy atom. The third kappa shape index (κ3) is 3.99. The Labute approximate surface area is 165 Å². The largest absolute Gasteiger partial charge is 0.322 e. The van der Waals surface area contributed by atoms with Crippen molar-refractivity contribution in [3.05, 3.63) is 95.1 Å². The number of anilines is 1. The summed E-state index contributed by atoms with van der Waals surface area (Å²) < 4.78 is 25.0. The maximum atomic E-state index is 12.5. The van der Waals surface area contributed by atoms with E-state index in [4.69, 9.17) is 0 Å². The lowest BCUT2D eigenvalue weighted by Gasteiger charge is -2.09. The fraction of sp³-hybridized carbons (Fsp3) is 0.174. The van der Waals surface area contributed by atoms with E-state index in [-0.39, 0.29) is 11.7 Å². The number of hydrogen-bond acceptors (Lipinski definition) is 3. The van der Waals surface area contributed by atoms with Crippen LogP contribution in [0.15, 0.2) is 77.7 Å². The van der Waals surface area contributed by atoms with E-state index in [2.05, 4.69) is 11.4 Å². The second-order valence-electron chi connectivity index (χ2n) is 7.06. The van der Waals surface area contributed by atoms with E-state index in [0.717, 1.165) is 18.5 Å². The number of carbonyl (C=O) groups is 1. The Hall–Kier alpha value is -2.92. The van der Waals surface area contributed by atoms with Crippen LogP contribution < -0.4 is 5.32 Å². The third-order valence-electron chi connectivity index (χ3n) is 5.03. The Balaban J connectivity index is 1.45. The summed E-state index contributed by atoms with van der Waals surface area (Å²) in [4.78, 5) is 12.8. The fourth-order valence-electron chi connectivity index (χ4n) is 3.54. The first-order valence-electron chi connectivity index (χ1n) is 9.31. The minimum atomic E-state index is -3.40. The number of carbonyl (C=O) groups excluding carboxylic acids is 1. The van der Waals surface area contributed by atoms with E-state index in [1.54, 1.807) is 54.6 Å². The third-order valence-corrected chi connectivity index (χ3v) is 6.74. The first-order chi connectivity index (χ1) is 13.5. The molecule has 0 unspecified atom stereocenters.